The topological polar surface area (TPSA) is 133 Å². The predicted octanol–water partition coefficient (Wildman–Crippen LogP) is 4.49. The van der Waals surface area contributed by atoms with Crippen LogP contribution in [0.25, 0.3) is 11.2 Å². The molecule has 14 heteroatoms. The van der Waals surface area contributed by atoms with Crippen molar-refractivity contribution in [2.24, 2.45) is 5.41 Å². The number of carbonyl (C=O) groups excluding carboxylic acids is 2. The van der Waals surface area contributed by atoms with E-state index in [0.717, 1.165) is 6.07 Å². The van der Waals surface area contributed by atoms with Crippen molar-refractivity contribution in [1.82, 2.24) is 20.3 Å². The van der Waals surface area contributed by atoms with Crippen LogP contribution in [0, 0.1) is 16.7 Å². The Bertz CT molecular complexity index is 1410. The number of halogens is 5. The van der Waals surface area contributed by atoms with Gasteiger partial charge in [0.1, 0.15) is 5.41 Å². The normalized spacial score (nSPS) is 14.3. The van der Waals surface area contributed by atoms with E-state index in [1.165, 1.54) is 25.1 Å². The molecular formula is C23H19F5N6O3. The van der Waals surface area contributed by atoms with E-state index in [1.54, 1.807) is 0 Å². The average Bonchev–Trinajstić information content (AvgIpc) is 3.53. The lowest BCUT2D eigenvalue weighted by molar-refractivity contribution is -0.137. The standard InChI is InChI=1S/C23H19F5N6O3/c1-11(35)13-7-16-18(33-19(13)37-9-17(24)25)34-21(32-16)31-15-6-12(2-3-14(15)23(26,27)28)8-30-20(36)22(10-29)4-5-22/h2-3,6-7,17H,4-5,8-9H2,1H3,(H,30,36)(H2,31,32,33,34). The zero-order valence-electron chi connectivity index (χ0n) is 19.2. The van der Waals surface area contributed by atoms with Gasteiger partial charge < -0.3 is 20.4 Å². The van der Waals surface area contributed by atoms with E-state index in [9.17, 15) is 31.5 Å². The van der Waals surface area contributed by atoms with Gasteiger partial charge in [0.25, 0.3) is 6.43 Å². The lowest BCUT2D eigenvalue weighted by atomic mass is 10.1. The van der Waals surface area contributed by atoms with Gasteiger partial charge in [-0.1, -0.05) is 6.07 Å². The predicted molar refractivity (Wildman–Crippen MR) is 119 cm³/mol. The van der Waals surface area contributed by atoms with Crippen LogP contribution in [-0.4, -0.2) is 39.7 Å². The van der Waals surface area contributed by atoms with Crippen LogP contribution in [0.15, 0.2) is 24.3 Å². The highest BCUT2D eigenvalue weighted by atomic mass is 19.4. The summed E-state index contributed by atoms with van der Waals surface area (Å²) in [5.41, 5.74) is -2.19. The summed E-state index contributed by atoms with van der Waals surface area (Å²) in [5, 5.41) is 14.2. The van der Waals surface area contributed by atoms with Crippen molar-refractivity contribution in [3.05, 3.63) is 41.0 Å². The van der Waals surface area contributed by atoms with Gasteiger partial charge in [-0.2, -0.15) is 28.4 Å². The molecular weight excluding hydrogens is 503 g/mol. The first-order valence-electron chi connectivity index (χ1n) is 10.9. The van der Waals surface area contributed by atoms with Crippen molar-refractivity contribution >= 4 is 34.5 Å². The summed E-state index contributed by atoms with van der Waals surface area (Å²) < 4.78 is 71.0. The van der Waals surface area contributed by atoms with Crippen LogP contribution in [0.1, 0.15) is 41.3 Å². The van der Waals surface area contributed by atoms with Gasteiger partial charge in [-0.05, 0) is 43.5 Å². The van der Waals surface area contributed by atoms with Gasteiger partial charge in [-0.25, -0.2) is 8.78 Å². The van der Waals surface area contributed by atoms with E-state index >= 15 is 0 Å². The number of Topliss-reactive ketones (excluding diaryl/α,β-unsaturated/α-hetero) is 1. The molecule has 0 saturated heterocycles. The highest BCUT2D eigenvalue weighted by molar-refractivity contribution is 5.99. The first-order chi connectivity index (χ1) is 17.4. The van der Waals surface area contributed by atoms with E-state index in [-0.39, 0.29) is 40.8 Å². The second-order valence-corrected chi connectivity index (χ2v) is 8.44. The summed E-state index contributed by atoms with van der Waals surface area (Å²) >= 11 is 0. The zero-order chi connectivity index (χ0) is 27.0. The van der Waals surface area contributed by atoms with Crippen molar-refractivity contribution in [1.29, 1.82) is 5.26 Å². The molecule has 2 heterocycles. The van der Waals surface area contributed by atoms with Crippen LogP contribution in [0.3, 0.4) is 0 Å². The number of nitriles is 1. The average molecular weight is 522 g/mol. The molecule has 0 aliphatic heterocycles. The summed E-state index contributed by atoms with van der Waals surface area (Å²) in [6.45, 7) is 0.0564. The van der Waals surface area contributed by atoms with Gasteiger partial charge in [-0.15, -0.1) is 0 Å². The SMILES string of the molecule is CC(=O)c1cc2[nH]c(Nc3cc(CNC(=O)C4(C#N)CC4)ccc3C(F)(F)F)nc2nc1OCC(F)F. The third-order valence-electron chi connectivity index (χ3n) is 5.66. The summed E-state index contributed by atoms with van der Waals surface area (Å²) in [5.74, 6) is -1.56. The molecule has 9 nitrogen and oxygen atoms in total. The van der Waals surface area contributed by atoms with Crippen molar-refractivity contribution in [2.45, 2.75) is 38.9 Å². The zero-order valence-corrected chi connectivity index (χ0v) is 19.2. The fourth-order valence-electron chi connectivity index (χ4n) is 3.53. The molecule has 0 atom stereocenters. The number of alkyl halides is 5. The number of hydrogen-bond donors (Lipinski definition) is 3. The number of H-pyrrole nitrogens is 1. The van der Waals surface area contributed by atoms with Crippen molar-refractivity contribution in [3.8, 4) is 11.9 Å². The number of ether oxygens (including phenoxy) is 1. The molecule has 0 bridgehead atoms. The van der Waals surface area contributed by atoms with Gasteiger partial charge >= 0.3 is 6.18 Å². The maximum Gasteiger partial charge on any atom is 0.418 e. The molecule has 4 rings (SSSR count). The van der Waals surface area contributed by atoms with E-state index in [4.69, 9.17) is 10.00 Å². The van der Waals surface area contributed by atoms with Crippen molar-refractivity contribution < 1.29 is 36.3 Å². The molecule has 3 N–H and O–H groups in total. The lowest BCUT2D eigenvalue weighted by Crippen LogP contribution is -2.30. The monoisotopic (exact) mass is 522 g/mol. The summed E-state index contributed by atoms with van der Waals surface area (Å²) in [6.07, 6.45) is -6.70. The number of pyridine rings is 1. The molecule has 37 heavy (non-hydrogen) atoms. The van der Waals surface area contributed by atoms with E-state index in [2.05, 4.69) is 25.6 Å². The largest absolute Gasteiger partial charge is 0.471 e. The molecule has 3 aromatic rings. The number of carbonyl (C=O) groups is 2. The minimum Gasteiger partial charge on any atom is -0.471 e. The van der Waals surface area contributed by atoms with Crippen molar-refractivity contribution in [2.75, 3.05) is 11.9 Å². The number of benzene rings is 1. The maximum absolute atomic E-state index is 13.7. The second-order valence-electron chi connectivity index (χ2n) is 8.44. The summed E-state index contributed by atoms with van der Waals surface area (Å²) in [7, 11) is 0. The highest BCUT2D eigenvalue weighted by Gasteiger charge is 2.50. The maximum atomic E-state index is 13.7. The van der Waals surface area contributed by atoms with Gasteiger partial charge in [0.05, 0.1) is 28.4 Å². The van der Waals surface area contributed by atoms with E-state index in [1.807, 2.05) is 6.07 Å². The van der Waals surface area contributed by atoms with Gasteiger partial charge in [0, 0.05) is 6.54 Å². The fourth-order valence-corrected chi connectivity index (χ4v) is 3.53. The molecule has 1 aliphatic rings. The Morgan fingerprint density at radius 2 is 1.97 bits per heavy atom. The molecule has 1 fully saturated rings. The van der Waals surface area contributed by atoms with Crippen LogP contribution in [0.5, 0.6) is 5.88 Å². The number of ketones is 1. The second kappa shape index (κ2) is 9.64. The number of aromatic amines is 1. The first-order valence-corrected chi connectivity index (χ1v) is 10.9. The van der Waals surface area contributed by atoms with E-state index in [0.29, 0.717) is 18.4 Å². The molecule has 1 amide bonds. The number of fused-ring (bicyclic) bond motifs is 1. The van der Waals surface area contributed by atoms with Crippen LogP contribution in [0.4, 0.5) is 33.6 Å². The Kier molecular flexibility index (Phi) is 6.72. The number of imidazole rings is 1. The number of anilines is 2. The Labute approximate surface area is 206 Å². The van der Waals surface area contributed by atoms with Crippen LogP contribution in [-0.2, 0) is 17.5 Å². The van der Waals surface area contributed by atoms with Crippen LogP contribution in [0.2, 0.25) is 0 Å². The van der Waals surface area contributed by atoms with Gasteiger partial charge in [0.15, 0.2) is 18.0 Å². The number of hydrogen-bond acceptors (Lipinski definition) is 7. The molecule has 2 aromatic heterocycles. The van der Waals surface area contributed by atoms with Gasteiger partial charge in [-0.3, -0.25) is 9.59 Å². The lowest BCUT2D eigenvalue weighted by Gasteiger charge is -2.15. The number of rotatable bonds is 9. The van der Waals surface area contributed by atoms with Crippen molar-refractivity contribution in [3.63, 3.8) is 0 Å². The Hall–Kier alpha value is -4.28. The minimum atomic E-state index is -4.73. The molecule has 1 saturated carbocycles. The molecule has 0 radical (unpaired) electrons. The smallest absolute Gasteiger partial charge is 0.418 e. The number of amides is 1. The highest BCUT2D eigenvalue weighted by Crippen LogP contribution is 2.45. The van der Waals surface area contributed by atoms with Crippen LogP contribution >= 0.6 is 0 Å². The fraction of sp³-hybridized carbons (Fsp3) is 0.348. The Morgan fingerprint density at radius 1 is 1.24 bits per heavy atom. The summed E-state index contributed by atoms with van der Waals surface area (Å²) in [4.78, 5) is 34.8. The molecule has 1 aliphatic carbocycles. The van der Waals surface area contributed by atoms with Gasteiger partial charge in [0.2, 0.25) is 17.7 Å². The molecule has 194 valence electrons. The third kappa shape index (κ3) is 5.60. The minimum absolute atomic E-state index is 0.0834. The number of nitrogens with zero attached hydrogens (tertiary/aromatic N) is 3. The number of aromatic nitrogens is 3. The summed E-state index contributed by atoms with van der Waals surface area (Å²) in [6, 6.07) is 6.41. The third-order valence-corrected chi connectivity index (χ3v) is 5.66. The molecule has 0 spiro atoms. The molecule has 0 unspecified atom stereocenters. The van der Waals surface area contributed by atoms with E-state index < -0.39 is 41.9 Å². The first kappa shape index (κ1) is 25.8. The van der Waals surface area contributed by atoms with Crippen LogP contribution < -0.4 is 15.4 Å². The quantitative estimate of drug-likeness (QED) is 0.279. The Morgan fingerprint density at radius 3 is 2.57 bits per heavy atom. The number of nitrogens with one attached hydrogen (secondary N) is 3. The molecule has 1 aromatic carbocycles. The Balaban J connectivity index is 1.62.